The minimum atomic E-state index is -2.71. The van der Waals surface area contributed by atoms with Gasteiger partial charge in [-0.3, -0.25) is 9.36 Å². The molecular formula is C21H16F2N4OS. The fourth-order valence-corrected chi connectivity index (χ4v) is 3.53. The Morgan fingerprint density at radius 2 is 1.90 bits per heavy atom. The predicted molar refractivity (Wildman–Crippen MR) is 111 cm³/mol. The second-order valence-corrected chi connectivity index (χ2v) is 7.33. The summed E-state index contributed by atoms with van der Waals surface area (Å²) in [6, 6.07) is 13.4. The van der Waals surface area contributed by atoms with E-state index < -0.39 is 6.55 Å². The van der Waals surface area contributed by atoms with Crippen LogP contribution in [0.15, 0.2) is 60.0 Å². The Morgan fingerprint density at radius 1 is 1.14 bits per heavy atom. The van der Waals surface area contributed by atoms with E-state index in [1.165, 1.54) is 17.4 Å². The number of benzene rings is 2. The normalized spacial score (nSPS) is 11.6. The molecule has 0 fully saturated rings. The monoisotopic (exact) mass is 410 g/mol. The molecule has 0 aliphatic heterocycles. The third-order valence-electron chi connectivity index (χ3n) is 4.24. The number of para-hydroxylation sites is 2. The minimum absolute atomic E-state index is 0.179. The van der Waals surface area contributed by atoms with Gasteiger partial charge in [0.2, 0.25) is 5.91 Å². The van der Waals surface area contributed by atoms with Crippen LogP contribution in [-0.2, 0) is 4.79 Å². The van der Waals surface area contributed by atoms with Crippen LogP contribution in [0.2, 0.25) is 0 Å². The van der Waals surface area contributed by atoms with Crippen molar-refractivity contribution in [3.05, 3.63) is 70.7 Å². The van der Waals surface area contributed by atoms with Gasteiger partial charge in [0, 0.05) is 22.7 Å². The molecule has 0 saturated heterocycles. The molecule has 0 atom stereocenters. The zero-order valence-electron chi connectivity index (χ0n) is 15.3. The number of halogens is 2. The lowest BCUT2D eigenvalue weighted by atomic mass is 10.2. The Labute approximate surface area is 169 Å². The highest BCUT2D eigenvalue weighted by Crippen LogP contribution is 2.30. The summed E-state index contributed by atoms with van der Waals surface area (Å²) in [6.07, 6.45) is 3.04. The summed E-state index contributed by atoms with van der Waals surface area (Å²) in [5.74, 6) is -0.124. The van der Waals surface area contributed by atoms with Gasteiger partial charge in [0.15, 0.2) is 0 Å². The van der Waals surface area contributed by atoms with Crippen LogP contribution >= 0.6 is 11.3 Å². The van der Waals surface area contributed by atoms with Crippen LogP contribution in [0, 0.1) is 6.92 Å². The van der Waals surface area contributed by atoms with Crippen LogP contribution in [0.5, 0.6) is 0 Å². The summed E-state index contributed by atoms with van der Waals surface area (Å²) >= 11 is 1.51. The van der Waals surface area contributed by atoms with Crippen molar-refractivity contribution in [2.75, 3.05) is 5.32 Å². The first-order valence-electron chi connectivity index (χ1n) is 8.78. The number of hydrogen-bond acceptors (Lipinski definition) is 4. The molecule has 8 heteroatoms. The van der Waals surface area contributed by atoms with E-state index in [-0.39, 0.29) is 11.7 Å². The lowest BCUT2D eigenvalue weighted by molar-refractivity contribution is -0.111. The van der Waals surface area contributed by atoms with E-state index in [2.05, 4.69) is 15.3 Å². The molecular weight excluding hydrogens is 394 g/mol. The fraction of sp³-hybridized carbons (Fsp3) is 0.0952. The van der Waals surface area contributed by atoms with Crippen LogP contribution in [-0.4, -0.2) is 20.4 Å². The van der Waals surface area contributed by atoms with Gasteiger partial charge in [0.1, 0.15) is 5.82 Å². The topological polar surface area (TPSA) is 59.8 Å². The smallest absolute Gasteiger partial charge is 0.320 e. The molecule has 0 bridgehead atoms. The van der Waals surface area contributed by atoms with E-state index in [0.717, 1.165) is 15.3 Å². The van der Waals surface area contributed by atoms with Crippen LogP contribution in [0.4, 0.5) is 14.5 Å². The number of hydrogen-bond donors (Lipinski definition) is 1. The third-order valence-corrected chi connectivity index (χ3v) is 5.04. The van der Waals surface area contributed by atoms with Crippen molar-refractivity contribution in [3.8, 4) is 11.4 Å². The molecule has 1 N–H and O–H groups in total. The molecule has 0 unspecified atom stereocenters. The van der Waals surface area contributed by atoms with Gasteiger partial charge in [-0.15, -0.1) is 11.3 Å². The number of nitrogens with one attached hydrogen (secondary N) is 1. The zero-order chi connectivity index (χ0) is 20.4. The molecule has 29 heavy (non-hydrogen) atoms. The standard InChI is InChI=1S/C21H16F2N4OS/c1-13-24-16(12-29-13)10-11-19(28)25-15-8-6-14(7-9-15)20-26-17-4-2-3-5-18(17)27(20)21(22)23/h2-12,21H,1H3,(H,25,28)/b11-10+. The largest absolute Gasteiger partial charge is 0.323 e. The number of imidazole rings is 1. The summed E-state index contributed by atoms with van der Waals surface area (Å²) in [7, 11) is 0. The number of carbonyl (C=O) groups is 1. The SMILES string of the molecule is Cc1nc(/C=C/C(=O)Nc2ccc(-c3nc4ccccc4n3C(F)F)cc2)cs1. The molecule has 1 amide bonds. The number of rotatable bonds is 5. The molecule has 5 nitrogen and oxygen atoms in total. The van der Waals surface area contributed by atoms with Gasteiger partial charge >= 0.3 is 6.55 Å². The number of amides is 1. The first-order valence-corrected chi connectivity index (χ1v) is 9.66. The highest BCUT2D eigenvalue weighted by atomic mass is 32.1. The van der Waals surface area contributed by atoms with Crippen molar-refractivity contribution >= 4 is 40.0 Å². The number of alkyl halides is 2. The van der Waals surface area contributed by atoms with Crippen molar-refractivity contribution in [2.45, 2.75) is 13.5 Å². The maximum atomic E-state index is 13.6. The highest BCUT2D eigenvalue weighted by Gasteiger charge is 2.18. The van der Waals surface area contributed by atoms with E-state index in [1.807, 2.05) is 12.3 Å². The van der Waals surface area contributed by atoms with E-state index in [0.29, 0.717) is 22.3 Å². The maximum Gasteiger partial charge on any atom is 0.320 e. The van der Waals surface area contributed by atoms with Crippen LogP contribution in [0.1, 0.15) is 17.3 Å². The van der Waals surface area contributed by atoms with Crippen molar-refractivity contribution in [1.29, 1.82) is 0 Å². The van der Waals surface area contributed by atoms with E-state index in [4.69, 9.17) is 0 Å². The summed E-state index contributed by atoms with van der Waals surface area (Å²) in [6.45, 7) is -0.817. The van der Waals surface area contributed by atoms with Crippen molar-refractivity contribution in [2.24, 2.45) is 0 Å². The summed E-state index contributed by atoms with van der Waals surface area (Å²) < 4.78 is 28.1. The predicted octanol–water partition coefficient (Wildman–Crippen LogP) is 5.52. The van der Waals surface area contributed by atoms with Gasteiger partial charge in [-0.2, -0.15) is 8.78 Å². The molecule has 0 aliphatic carbocycles. The molecule has 4 aromatic rings. The van der Waals surface area contributed by atoms with Gasteiger partial charge in [0.05, 0.1) is 21.7 Å². The lowest BCUT2D eigenvalue weighted by Gasteiger charge is -2.08. The van der Waals surface area contributed by atoms with E-state index >= 15 is 0 Å². The number of thiazole rings is 1. The average molecular weight is 410 g/mol. The van der Waals surface area contributed by atoms with Crippen LogP contribution in [0.25, 0.3) is 28.5 Å². The Morgan fingerprint density at radius 3 is 2.59 bits per heavy atom. The third kappa shape index (κ3) is 4.07. The van der Waals surface area contributed by atoms with Crippen LogP contribution in [0.3, 0.4) is 0 Å². The van der Waals surface area contributed by atoms with E-state index in [9.17, 15) is 13.6 Å². The molecule has 0 spiro atoms. The van der Waals surface area contributed by atoms with Crippen molar-refractivity contribution < 1.29 is 13.6 Å². The number of carbonyl (C=O) groups excluding carboxylic acids is 1. The second-order valence-electron chi connectivity index (χ2n) is 6.26. The van der Waals surface area contributed by atoms with Gasteiger partial charge < -0.3 is 5.32 Å². The summed E-state index contributed by atoms with van der Waals surface area (Å²) in [4.78, 5) is 20.7. The molecule has 146 valence electrons. The Kier molecular flexibility index (Phi) is 5.18. The molecule has 2 heterocycles. The minimum Gasteiger partial charge on any atom is -0.323 e. The van der Waals surface area contributed by atoms with Crippen molar-refractivity contribution in [1.82, 2.24) is 14.5 Å². The Bertz CT molecular complexity index is 1200. The number of anilines is 1. The van der Waals surface area contributed by atoms with Gasteiger partial charge in [0.25, 0.3) is 0 Å². The molecule has 4 rings (SSSR count). The van der Waals surface area contributed by atoms with Crippen molar-refractivity contribution in [3.63, 3.8) is 0 Å². The summed E-state index contributed by atoms with van der Waals surface area (Å²) in [5, 5.41) is 5.53. The van der Waals surface area contributed by atoms with E-state index in [1.54, 1.807) is 54.6 Å². The van der Waals surface area contributed by atoms with Crippen LogP contribution < -0.4 is 5.32 Å². The molecule has 2 aromatic heterocycles. The average Bonchev–Trinajstić information content (AvgIpc) is 3.30. The number of aryl methyl sites for hydroxylation is 1. The Hall–Kier alpha value is -3.39. The lowest BCUT2D eigenvalue weighted by Crippen LogP contribution is -2.07. The van der Waals surface area contributed by atoms with Gasteiger partial charge in [-0.25, -0.2) is 9.97 Å². The second kappa shape index (κ2) is 7.92. The number of aromatic nitrogens is 3. The van der Waals surface area contributed by atoms with Gasteiger partial charge in [-0.1, -0.05) is 12.1 Å². The quantitative estimate of drug-likeness (QED) is 0.441. The summed E-state index contributed by atoms with van der Waals surface area (Å²) in [5.41, 5.74) is 2.69. The molecule has 2 aromatic carbocycles. The molecule has 0 aliphatic rings. The Balaban J connectivity index is 1.54. The number of nitrogens with zero attached hydrogens (tertiary/aromatic N) is 3. The first-order chi connectivity index (χ1) is 14.0. The highest BCUT2D eigenvalue weighted by molar-refractivity contribution is 7.09. The fourth-order valence-electron chi connectivity index (χ4n) is 2.95. The zero-order valence-corrected chi connectivity index (χ0v) is 16.2. The number of fused-ring (bicyclic) bond motifs is 1. The van der Waals surface area contributed by atoms with Gasteiger partial charge in [-0.05, 0) is 49.4 Å². The maximum absolute atomic E-state index is 13.6. The molecule has 0 saturated carbocycles. The first kappa shape index (κ1) is 18.9. The molecule has 0 radical (unpaired) electrons.